The minimum Gasteiger partial charge on any atom is -0.497 e. The molecule has 0 saturated heterocycles. The third-order valence-corrected chi connectivity index (χ3v) is 6.42. The summed E-state index contributed by atoms with van der Waals surface area (Å²) in [6.07, 6.45) is 1.41. The van der Waals surface area contributed by atoms with Gasteiger partial charge >= 0.3 is 5.97 Å². The Kier molecular flexibility index (Phi) is 9.41. The number of aromatic nitrogens is 3. The molecule has 0 aliphatic carbocycles. The second kappa shape index (κ2) is 13.3. The van der Waals surface area contributed by atoms with E-state index < -0.39 is 11.9 Å². The first-order valence-corrected chi connectivity index (χ1v) is 13.1. The van der Waals surface area contributed by atoms with Crippen molar-refractivity contribution in [3.63, 3.8) is 0 Å². The monoisotopic (exact) mass is 565 g/mol. The lowest BCUT2D eigenvalue weighted by Gasteiger charge is -2.15. The van der Waals surface area contributed by atoms with Gasteiger partial charge in [0.15, 0.2) is 16.7 Å². The van der Waals surface area contributed by atoms with E-state index in [2.05, 4.69) is 20.8 Å². The van der Waals surface area contributed by atoms with Gasteiger partial charge in [0, 0.05) is 11.8 Å². The summed E-state index contributed by atoms with van der Waals surface area (Å²) >= 11 is 1.14. The molecule has 13 heteroatoms. The Balaban J connectivity index is 1.52. The van der Waals surface area contributed by atoms with E-state index in [1.165, 1.54) is 13.4 Å². The fraction of sp³-hybridized carbons (Fsp3) is 0.222. The quantitative estimate of drug-likeness (QED) is 0.192. The Morgan fingerprint density at radius 2 is 1.82 bits per heavy atom. The molecule has 2 aromatic heterocycles. The molecule has 2 heterocycles. The number of carbonyl (C=O) groups is 3. The van der Waals surface area contributed by atoms with Crippen LogP contribution in [0.5, 0.6) is 11.5 Å². The Morgan fingerprint density at radius 1 is 1.02 bits per heavy atom. The topological polar surface area (TPSA) is 147 Å². The van der Waals surface area contributed by atoms with Crippen molar-refractivity contribution in [2.45, 2.75) is 18.6 Å². The summed E-state index contributed by atoms with van der Waals surface area (Å²) in [6, 6.07) is 14.8. The smallest absolute Gasteiger partial charge is 0.338 e. The fourth-order valence-corrected chi connectivity index (χ4v) is 4.37. The SMILES string of the molecule is CCOC(=O)c1ccc(NC(=O)CSc2nnc(CNC(=O)c3ccco3)n2-c2cc(OC)ccc2OC)cc1. The highest BCUT2D eigenvalue weighted by Crippen LogP contribution is 2.32. The zero-order valence-corrected chi connectivity index (χ0v) is 22.8. The number of carbonyl (C=O) groups excluding carboxylic acids is 3. The van der Waals surface area contributed by atoms with Gasteiger partial charge in [-0.2, -0.15) is 0 Å². The number of nitrogens with zero attached hydrogens (tertiary/aromatic N) is 3. The number of amides is 2. The minimum absolute atomic E-state index is 0.00278. The lowest BCUT2D eigenvalue weighted by atomic mass is 10.2. The van der Waals surface area contributed by atoms with E-state index in [4.69, 9.17) is 18.6 Å². The van der Waals surface area contributed by atoms with Crippen LogP contribution in [0.1, 0.15) is 33.7 Å². The van der Waals surface area contributed by atoms with E-state index in [-0.39, 0.29) is 30.6 Å². The second-order valence-corrected chi connectivity index (χ2v) is 9.01. The number of methoxy groups -OCH3 is 2. The molecule has 40 heavy (non-hydrogen) atoms. The minimum atomic E-state index is -0.431. The van der Waals surface area contributed by atoms with Crippen molar-refractivity contribution < 1.29 is 33.0 Å². The average Bonchev–Trinajstić information content (AvgIpc) is 3.65. The van der Waals surface area contributed by atoms with Crippen LogP contribution in [0.3, 0.4) is 0 Å². The predicted molar refractivity (Wildman–Crippen MR) is 146 cm³/mol. The molecule has 208 valence electrons. The summed E-state index contributed by atoms with van der Waals surface area (Å²) in [7, 11) is 3.07. The molecule has 0 saturated carbocycles. The van der Waals surface area contributed by atoms with E-state index in [1.807, 2.05) is 0 Å². The maximum absolute atomic E-state index is 12.7. The number of esters is 1. The first kappa shape index (κ1) is 28.2. The van der Waals surface area contributed by atoms with E-state index in [9.17, 15) is 14.4 Å². The average molecular weight is 566 g/mol. The molecule has 12 nitrogen and oxygen atoms in total. The molecule has 0 aliphatic rings. The molecule has 2 N–H and O–H groups in total. The maximum Gasteiger partial charge on any atom is 0.338 e. The largest absolute Gasteiger partial charge is 0.497 e. The number of benzene rings is 2. The molecule has 0 unspecified atom stereocenters. The lowest BCUT2D eigenvalue weighted by Crippen LogP contribution is -2.24. The van der Waals surface area contributed by atoms with E-state index in [0.717, 1.165) is 11.8 Å². The number of thioether (sulfide) groups is 1. The normalized spacial score (nSPS) is 10.6. The Labute approximate surface area is 234 Å². The van der Waals surface area contributed by atoms with Crippen LogP contribution in [0.4, 0.5) is 5.69 Å². The van der Waals surface area contributed by atoms with Gasteiger partial charge in [0.1, 0.15) is 11.5 Å². The highest BCUT2D eigenvalue weighted by molar-refractivity contribution is 7.99. The van der Waals surface area contributed by atoms with Crippen LogP contribution in [0, 0.1) is 0 Å². The zero-order valence-electron chi connectivity index (χ0n) is 22.0. The van der Waals surface area contributed by atoms with Crippen LogP contribution in [0.2, 0.25) is 0 Å². The van der Waals surface area contributed by atoms with Gasteiger partial charge in [-0.15, -0.1) is 10.2 Å². The van der Waals surface area contributed by atoms with Gasteiger partial charge in [0.25, 0.3) is 5.91 Å². The Bertz CT molecular complexity index is 1470. The van der Waals surface area contributed by atoms with Crippen molar-refractivity contribution in [2.75, 3.05) is 31.9 Å². The van der Waals surface area contributed by atoms with Gasteiger partial charge in [-0.25, -0.2) is 4.79 Å². The van der Waals surface area contributed by atoms with Crippen LogP contribution in [0.15, 0.2) is 70.4 Å². The van der Waals surface area contributed by atoms with Crippen LogP contribution >= 0.6 is 11.8 Å². The first-order chi connectivity index (χ1) is 19.4. The molecule has 0 bridgehead atoms. The highest BCUT2D eigenvalue weighted by Gasteiger charge is 2.21. The number of ether oxygens (including phenoxy) is 3. The molecule has 0 spiro atoms. The molecular formula is C27H27N5O7S. The van der Waals surface area contributed by atoms with Crippen molar-refractivity contribution in [1.29, 1.82) is 0 Å². The van der Waals surface area contributed by atoms with Crippen LogP contribution < -0.4 is 20.1 Å². The summed E-state index contributed by atoms with van der Waals surface area (Å²) in [5, 5.41) is 14.5. The predicted octanol–water partition coefficient (Wildman–Crippen LogP) is 3.72. The van der Waals surface area contributed by atoms with Gasteiger partial charge in [0.05, 0.1) is 50.6 Å². The van der Waals surface area contributed by atoms with Crippen LogP contribution in [-0.4, -0.2) is 59.1 Å². The Hall–Kier alpha value is -4.78. The molecule has 4 aromatic rings. The van der Waals surface area contributed by atoms with Gasteiger partial charge in [-0.05, 0) is 55.5 Å². The molecule has 0 atom stereocenters. The summed E-state index contributed by atoms with van der Waals surface area (Å²) < 4.78 is 22.8. The van der Waals surface area contributed by atoms with Gasteiger partial charge < -0.3 is 29.3 Å². The molecule has 0 fully saturated rings. The maximum atomic E-state index is 12.7. The van der Waals surface area contributed by atoms with E-state index in [1.54, 1.807) is 73.2 Å². The summed E-state index contributed by atoms with van der Waals surface area (Å²) in [5.74, 6) is 0.480. The zero-order chi connectivity index (χ0) is 28.5. The summed E-state index contributed by atoms with van der Waals surface area (Å²) in [5.41, 5.74) is 1.48. The van der Waals surface area contributed by atoms with Crippen molar-refractivity contribution in [3.8, 4) is 17.2 Å². The number of anilines is 1. The first-order valence-electron chi connectivity index (χ1n) is 12.1. The molecule has 0 radical (unpaired) electrons. The number of nitrogens with one attached hydrogen (secondary N) is 2. The molecule has 4 rings (SSSR count). The molecule has 0 aliphatic heterocycles. The third-order valence-electron chi connectivity index (χ3n) is 5.49. The highest BCUT2D eigenvalue weighted by atomic mass is 32.2. The number of rotatable bonds is 12. The van der Waals surface area contributed by atoms with Gasteiger partial charge in [0.2, 0.25) is 5.91 Å². The molecular weight excluding hydrogens is 538 g/mol. The van der Waals surface area contributed by atoms with E-state index in [0.29, 0.717) is 39.4 Å². The van der Waals surface area contributed by atoms with E-state index >= 15 is 0 Å². The van der Waals surface area contributed by atoms with Crippen molar-refractivity contribution in [1.82, 2.24) is 20.1 Å². The second-order valence-electron chi connectivity index (χ2n) is 8.07. The number of hydrogen-bond acceptors (Lipinski definition) is 10. The van der Waals surface area contributed by atoms with Crippen molar-refractivity contribution >= 4 is 35.2 Å². The Morgan fingerprint density at radius 3 is 2.50 bits per heavy atom. The van der Waals surface area contributed by atoms with Crippen LogP contribution in [-0.2, 0) is 16.1 Å². The number of furan rings is 1. The number of hydrogen-bond donors (Lipinski definition) is 2. The lowest BCUT2D eigenvalue weighted by molar-refractivity contribution is -0.113. The van der Waals surface area contributed by atoms with Crippen molar-refractivity contribution in [3.05, 3.63) is 78.0 Å². The summed E-state index contributed by atoms with van der Waals surface area (Å²) in [6.45, 7) is 2.03. The fourth-order valence-electron chi connectivity index (χ4n) is 3.61. The van der Waals surface area contributed by atoms with Crippen molar-refractivity contribution in [2.24, 2.45) is 0 Å². The van der Waals surface area contributed by atoms with Gasteiger partial charge in [-0.3, -0.25) is 14.2 Å². The summed E-state index contributed by atoms with van der Waals surface area (Å²) in [4.78, 5) is 37.0. The van der Waals surface area contributed by atoms with Crippen LogP contribution in [0.25, 0.3) is 5.69 Å². The molecule has 2 amide bonds. The standard InChI is InChI=1S/C27H27N5O7S/c1-4-38-26(35)17-7-9-18(10-8-17)29-24(33)16-40-27-31-30-23(15-28-25(34)22-6-5-13-39-22)32(27)20-14-19(36-2)11-12-21(20)37-3/h5-14H,4,15-16H2,1-3H3,(H,28,34)(H,29,33). The van der Waals surface area contributed by atoms with Gasteiger partial charge in [-0.1, -0.05) is 11.8 Å². The third kappa shape index (κ3) is 6.80. The molecule has 2 aromatic carbocycles.